The van der Waals surface area contributed by atoms with Gasteiger partial charge in [-0.1, -0.05) is 11.2 Å². The minimum atomic E-state index is -0.500. The van der Waals surface area contributed by atoms with E-state index >= 15 is 0 Å². The first-order chi connectivity index (χ1) is 13.5. The number of ether oxygens (including phenoxy) is 1. The van der Waals surface area contributed by atoms with Gasteiger partial charge in [0.2, 0.25) is 0 Å². The zero-order chi connectivity index (χ0) is 19.8. The number of amides is 1. The summed E-state index contributed by atoms with van der Waals surface area (Å²) in [5.41, 5.74) is 2.17. The standard InChI is InChI=1S/C18H16N4O5S/c1-9-11(4-3-5-13(9)22(24)25)16(23)20-18-15(17-19-10(2)21-27-17)12-6-7-26-8-14(12)28-18/h3-5H,6-8H2,1-2H3,(H,20,23). The number of anilines is 1. The molecular formula is C18H16N4O5S. The van der Waals surface area contributed by atoms with Gasteiger partial charge in [0.1, 0.15) is 5.00 Å². The average Bonchev–Trinajstić information content (AvgIpc) is 3.24. The highest BCUT2D eigenvalue weighted by atomic mass is 32.1. The lowest BCUT2D eigenvalue weighted by Gasteiger charge is -2.12. The molecule has 3 heterocycles. The smallest absolute Gasteiger partial charge is 0.273 e. The third-order valence-corrected chi connectivity index (χ3v) is 5.66. The molecule has 10 heteroatoms. The zero-order valence-corrected chi connectivity index (χ0v) is 16.0. The van der Waals surface area contributed by atoms with Crippen molar-refractivity contribution in [1.82, 2.24) is 10.1 Å². The van der Waals surface area contributed by atoms with Crippen molar-refractivity contribution in [2.75, 3.05) is 11.9 Å². The highest BCUT2D eigenvalue weighted by Crippen LogP contribution is 2.42. The first-order valence-corrected chi connectivity index (χ1v) is 9.35. The summed E-state index contributed by atoms with van der Waals surface area (Å²) < 4.78 is 10.9. The van der Waals surface area contributed by atoms with Crippen LogP contribution in [-0.2, 0) is 17.8 Å². The van der Waals surface area contributed by atoms with E-state index in [4.69, 9.17) is 9.26 Å². The summed E-state index contributed by atoms with van der Waals surface area (Å²) in [5.74, 6) is 0.398. The van der Waals surface area contributed by atoms with E-state index in [1.54, 1.807) is 19.9 Å². The van der Waals surface area contributed by atoms with Gasteiger partial charge in [-0.05, 0) is 31.9 Å². The molecule has 0 bridgehead atoms. The predicted octanol–water partition coefficient (Wildman–Crippen LogP) is 3.65. The molecule has 144 valence electrons. The maximum absolute atomic E-state index is 12.9. The van der Waals surface area contributed by atoms with E-state index in [9.17, 15) is 14.9 Å². The number of nitrogens with zero attached hydrogens (tertiary/aromatic N) is 3. The number of carbonyl (C=O) groups excluding carboxylic acids is 1. The molecule has 1 amide bonds. The van der Waals surface area contributed by atoms with Crippen LogP contribution >= 0.6 is 11.3 Å². The molecule has 1 aliphatic rings. The van der Waals surface area contributed by atoms with Crippen molar-refractivity contribution in [3.05, 3.63) is 55.7 Å². The Labute approximate surface area is 163 Å². The van der Waals surface area contributed by atoms with E-state index in [1.165, 1.54) is 23.5 Å². The Morgan fingerprint density at radius 1 is 1.36 bits per heavy atom. The predicted molar refractivity (Wildman–Crippen MR) is 101 cm³/mol. The fraction of sp³-hybridized carbons (Fsp3) is 0.278. The molecule has 1 aliphatic heterocycles. The van der Waals surface area contributed by atoms with Gasteiger partial charge in [0.25, 0.3) is 17.5 Å². The van der Waals surface area contributed by atoms with Crippen LogP contribution in [0.4, 0.5) is 10.7 Å². The van der Waals surface area contributed by atoms with E-state index in [0.29, 0.717) is 47.5 Å². The normalized spacial score (nSPS) is 13.2. The van der Waals surface area contributed by atoms with Crippen molar-refractivity contribution in [1.29, 1.82) is 0 Å². The Morgan fingerprint density at radius 2 is 2.18 bits per heavy atom. The largest absolute Gasteiger partial charge is 0.376 e. The van der Waals surface area contributed by atoms with Crippen LogP contribution in [0.2, 0.25) is 0 Å². The number of nitro groups is 1. The number of thiophene rings is 1. The summed E-state index contributed by atoms with van der Waals surface area (Å²) in [5, 5.41) is 18.4. The molecule has 0 unspecified atom stereocenters. The van der Waals surface area contributed by atoms with Gasteiger partial charge in [-0.15, -0.1) is 11.3 Å². The maximum Gasteiger partial charge on any atom is 0.273 e. The number of benzene rings is 1. The third kappa shape index (κ3) is 3.16. The Kier molecular flexibility index (Phi) is 4.65. The summed E-state index contributed by atoms with van der Waals surface area (Å²) in [7, 11) is 0. The second kappa shape index (κ2) is 7.13. The molecule has 0 aliphatic carbocycles. The number of fused-ring (bicyclic) bond motifs is 1. The summed E-state index contributed by atoms with van der Waals surface area (Å²) in [6.45, 7) is 4.30. The topological polar surface area (TPSA) is 120 Å². The van der Waals surface area contributed by atoms with Gasteiger partial charge >= 0.3 is 0 Å². The van der Waals surface area contributed by atoms with Gasteiger partial charge in [0.05, 0.1) is 23.7 Å². The van der Waals surface area contributed by atoms with Crippen molar-refractivity contribution < 1.29 is 19.0 Å². The molecule has 0 saturated heterocycles. The highest BCUT2D eigenvalue weighted by Gasteiger charge is 2.27. The second-order valence-corrected chi connectivity index (χ2v) is 7.42. The monoisotopic (exact) mass is 400 g/mol. The van der Waals surface area contributed by atoms with Crippen LogP contribution in [0.25, 0.3) is 11.5 Å². The highest BCUT2D eigenvalue weighted by molar-refractivity contribution is 7.17. The fourth-order valence-electron chi connectivity index (χ4n) is 3.18. The van der Waals surface area contributed by atoms with Crippen LogP contribution in [0, 0.1) is 24.0 Å². The molecular weight excluding hydrogens is 384 g/mol. The van der Waals surface area contributed by atoms with Gasteiger partial charge in [-0.25, -0.2) is 0 Å². The minimum Gasteiger partial charge on any atom is -0.376 e. The van der Waals surface area contributed by atoms with E-state index < -0.39 is 10.8 Å². The van der Waals surface area contributed by atoms with Gasteiger partial charge < -0.3 is 14.6 Å². The quantitative estimate of drug-likeness (QED) is 0.524. The number of carbonyl (C=O) groups is 1. The van der Waals surface area contributed by atoms with Crippen LogP contribution in [0.5, 0.6) is 0 Å². The molecule has 1 aromatic carbocycles. The summed E-state index contributed by atoms with van der Waals surface area (Å²) in [4.78, 5) is 28.8. The lowest BCUT2D eigenvalue weighted by atomic mass is 10.0. The zero-order valence-electron chi connectivity index (χ0n) is 15.1. The molecule has 0 fully saturated rings. The van der Waals surface area contributed by atoms with Crippen LogP contribution in [0.3, 0.4) is 0 Å². The molecule has 2 aromatic heterocycles. The molecule has 0 atom stereocenters. The number of aromatic nitrogens is 2. The molecule has 0 radical (unpaired) electrons. The summed E-state index contributed by atoms with van der Waals surface area (Å²) in [6.07, 6.45) is 0.675. The SMILES string of the molecule is Cc1noc(-c2c(NC(=O)c3cccc([N+](=O)[O-])c3C)sc3c2CCOC3)n1. The fourth-order valence-corrected chi connectivity index (χ4v) is 4.36. The van der Waals surface area contributed by atoms with Crippen molar-refractivity contribution in [3.63, 3.8) is 0 Å². The van der Waals surface area contributed by atoms with E-state index in [0.717, 1.165) is 10.4 Å². The summed E-state index contributed by atoms with van der Waals surface area (Å²) in [6, 6.07) is 4.43. The van der Waals surface area contributed by atoms with Crippen LogP contribution < -0.4 is 5.32 Å². The Hall–Kier alpha value is -3.11. The van der Waals surface area contributed by atoms with Crippen molar-refractivity contribution in [2.24, 2.45) is 0 Å². The van der Waals surface area contributed by atoms with Crippen molar-refractivity contribution >= 4 is 27.9 Å². The summed E-state index contributed by atoms with van der Waals surface area (Å²) >= 11 is 1.39. The first-order valence-electron chi connectivity index (χ1n) is 8.54. The van der Waals surface area contributed by atoms with Gasteiger partial charge in [-0.3, -0.25) is 14.9 Å². The lowest BCUT2D eigenvalue weighted by Crippen LogP contribution is -2.14. The lowest BCUT2D eigenvalue weighted by molar-refractivity contribution is -0.385. The Balaban J connectivity index is 1.74. The minimum absolute atomic E-state index is 0.0979. The molecule has 28 heavy (non-hydrogen) atoms. The second-order valence-electron chi connectivity index (χ2n) is 6.32. The van der Waals surface area contributed by atoms with Crippen molar-refractivity contribution in [3.8, 4) is 11.5 Å². The van der Waals surface area contributed by atoms with Gasteiger partial charge in [0, 0.05) is 22.1 Å². The van der Waals surface area contributed by atoms with Crippen LogP contribution in [0.1, 0.15) is 32.2 Å². The van der Waals surface area contributed by atoms with E-state index in [2.05, 4.69) is 15.5 Å². The first kappa shape index (κ1) is 18.3. The molecule has 9 nitrogen and oxygen atoms in total. The molecule has 1 N–H and O–H groups in total. The number of nitrogens with one attached hydrogen (secondary N) is 1. The molecule has 0 saturated carbocycles. The maximum atomic E-state index is 12.9. The average molecular weight is 400 g/mol. The molecule has 3 aromatic rings. The number of nitro benzene ring substituents is 1. The number of aryl methyl sites for hydroxylation is 1. The molecule has 0 spiro atoms. The third-order valence-electron chi connectivity index (χ3n) is 4.54. The Bertz CT molecular complexity index is 1090. The van der Waals surface area contributed by atoms with Gasteiger partial charge in [-0.2, -0.15) is 4.98 Å². The number of hydrogen-bond acceptors (Lipinski definition) is 8. The Morgan fingerprint density at radius 3 is 2.89 bits per heavy atom. The number of rotatable bonds is 4. The van der Waals surface area contributed by atoms with E-state index in [1.807, 2.05) is 0 Å². The van der Waals surface area contributed by atoms with Crippen LogP contribution in [0.15, 0.2) is 22.7 Å². The van der Waals surface area contributed by atoms with Gasteiger partial charge in [0.15, 0.2) is 5.82 Å². The van der Waals surface area contributed by atoms with E-state index in [-0.39, 0.29) is 11.3 Å². The van der Waals surface area contributed by atoms with Crippen LogP contribution in [-0.4, -0.2) is 27.6 Å². The number of hydrogen-bond donors (Lipinski definition) is 1. The van der Waals surface area contributed by atoms with Crippen molar-refractivity contribution in [2.45, 2.75) is 26.9 Å². The molecule has 4 rings (SSSR count).